The van der Waals surface area contributed by atoms with E-state index < -0.39 is 9.84 Å². The molecule has 0 saturated carbocycles. The van der Waals surface area contributed by atoms with Crippen LogP contribution in [0.3, 0.4) is 0 Å². The summed E-state index contributed by atoms with van der Waals surface area (Å²) in [7, 11) is -3.04. The lowest BCUT2D eigenvalue weighted by Gasteiger charge is -2.19. The molecule has 0 amide bonds. The first-order chi connectivity index (χ1) is 8.37. The van der Waals surface area contributed by atoms with Crippen molar-refractivity contribution >= 4 is 33.0 Å². The third kappa shape index (κ3) is 3.26. The van der Waals surface area contributed by atoms with Gasteiger partial charge in [-0.15, -0.1) is 0 Å². The van der Waals surface area contributed by atoms with E-state index in [9.17, 15) is 8.42 Å². The Kier molecular flexibility index (Phi) is 4.02. The summed E-state index contributed by atoms with van der Waals surface area (Å²) >= 11 is 11.9. The Bertz CT molecular complexity index is 584. The van der Waals surface area contributed by atoms with E-state index in [2.05, 4.69) is 5.32 Å². The maximum absolute atomic E-state index is 11.3. The molecule has 0 aromatic heterocycles. The fourth-order valence-electron chi connectivity index (χ4n) is 1.94. The zero-order chi connectivity index (χ0) is 13.3. The van der Waals surface area contributed by atoms with Crippen LogP contribution in [0.1, 0.15) is 18.5 Å². The van der Waals surface area contributed by atoms with Gasteiger partial charge in [0, 0.05) is 27.5 Å². The maximum atomic E-state index is 11.3. The van der Waals surface area contributed by atoms with Gasteiger partial charge in [-0.2, -0.15) is 0 Å². The fourth-order valence-corrected chi connectivity index (χ4v) is 3.76. The summed E-state index contributed by atoms with van der Waals surface area (Å²) in [5.41, 5.74) is 0.902. The minimum Gasteiger partial charge on any atom is -0.303 e. The first-order valence-corrected chi connectivity index (χ1v) is 7.96. The van der Waals surface area contributed by atoms with Gasteiger partial charge in [0.05, 0.1) is 5.75 Å². The molecule has 98 valence electrons. The molecule has 1 heterocycles. The Hall–Kier alpha value is -0.550. The van der Waals surface area contributed by atoms with Gasteiger partial charge in [0.25, 0.3) is 0 Å². The number of nitrogens with one attached hydrogen (secondary N) is 1. The van der Waals surface area contributed by atoms with Gasteiger partial charge < -0.3 is 5.32 Å². The molecule has 2 rings (SSSR count). The monoisotopic (exact) mass is 305 g/mol. The van der Waals surface area contributed by atoms with Crippen LogP contribution in [0.2, 0.25) is 10.0 Å². The molecule has 18 heavy (non-hydrogen) atoms. The Labute approximate surface area is 117 Å². The van der Waals surface area contributed by atoms with Crippen molar-refractivity contribution in [2.24, 2.45) is 0 Å². The predicted molar refractivity (Wildman–Crippen MR) is 74.7 cm³/mol. The van der Waals surface area contributed by atoms with Crippen molar-refractivity contribution in [1.82, 2.24) is 5.32 Å². The van der Waals surface area contributed by atoms with Crippen LogP contribution in [0.4, 0.5) is 0 Å². The van der Waals surface area contributed by atoms with E-state index in [1.807, 2.05) is 13.0 Å². The summed E-state index contributed by atoms with van der Waals surface area (Å²) in [6.45, 7) is 1.94. The summed E-state index contributed by atoms with van der Waals surface area (Å²) in [6.07, 6.45) is 1.66. The molecule has 0 radical (unpaired) electrons. The molecule has 1 aliphatic heterocycles. The Balaban J connectivity index is 2.09. The first kappa shape index (κ1) is 13.9. The van der Waals surface area contributed by atoms with E-state index in [1.54, 1.807) is 18.2 Å². The molecule has 2 atom stereocenters. The number of benzene rings is 1. The highest BCUT2D eigenvalue weighted by molar-refractivity contribution is 7.94. The van der Waals surface area contributed by atoms with Crippen molar-refractivity contribution in [3.63, 3.8) is 0 Å². The zero-order valence-electron chi connectivity index (χ0n) is 9.73. The lowest BCUT2D eigenvalue weighted by atomic mass is 10.1. The average molecular weight is 306 g/mol. The van der Waals surface area contributed by atoms with Gasteiger partial charge in [-0.3, -0.25) is 0 Å². The van der Waals surface area contributed by atoms with Crippen LogP contribution in [0.5, 0.6) is 0 Å². The summed E-state index contributed by atoms with van der Waals surface area (Å²) in [4.78, 5) is 0. The summed E-state index contributed by atoms with van der Waals surface area (Å²) in [5.74, 6) is 0.0998. The van der Waals surface area contributed by atoms with Gasteiger partial charge in [0.2, 0.25) is 0 Å². The number of hydrogen-bond acceptors (Lipinski definition) is 3. The minimum absolute atomic E-state index is 0.0438. The molecule has 0 spiro atoms. The van der Waals surface area contributed by atoms with Crippen LogP contribution in [0.25, 0.3) is 0 Å². The van der Waals surface area contributed by atoms with E-state index >= 15 is 0 Å². The van der Waals surface area contributed by atoms with E-state index in [0.29, 0.717) is 10.0 Å². The SMILES string of the molecule is CC(NC1C=CS(=O)(=O)C1)c1ccc(Cl)cc1Cl. The van der Waals surface area contributed by atoms with Crippen LogP contribution in [0.15, 0.2) is 29.7 Å². The summed E-state index contributed by atoms with van der Waals surface area (Å²) < 4.78 is 22.6. The minimum atomic E-state index is -3.04. The normalized spacial score (nSPS) is 23.2. The van der Waals surface area contributed by atoms with E-state index in [-0.39, 0.29) is 17.8 Å². The van der Waals surface area contributed by atoms with Crippen molar-refractivity contribution in [2.75, 3.05) is 5.75 Å². The van der Waals surface area contributed by atoms with Crippen molar-refractivity contribution in [3.05, 3.63) is 45.3 Å². The molecule has 3 nitrogen and oxygen atoms in total. The van der Waals surface area contributed by atoms with Gasteiger partial charge in [-0.1, -0.05) is 35.3 Å². The number of rotatable bonds is 3. The molecule has 0 bridgehead atoms. The maximum Gasteiger partial charge on any atom is 0.173 e. The summed E-state index contributed by atoms with van der Waals surface area (Å²) in [5, 5.41) is 5.63. The molecule has 6 heteroatoms. The second-order valence-corrected chi connectivity index (χ2v) is 7.09. The highest BCUT2D eigenvalue weighted by Gasteiger charge is 2.23. The third-order valence-corrected chi connectivity index (χ3v) is 4.78. The van der Waals surface area contributed by atoms with E-state index in [1.165, 1.54) is 5.41 Å². The standard InChI is InChI=1S/C12H13Cl2NO2S/c1-8(11-3-2-9(13)6-12(11)14)15-10-4-5-18(16,17)7-10/h2-6,8,10,15H,7H2,1H3. The second kappa shape index (κ2) is 5.21. The zero-order valence-corrected chi connectivity index (χ0v) is 12.1. The Morgan fingerprint density at radius 1 is 1.39 bits per heavy atom. The topological polar surface area (TPSA) is 46.2 Å². The number of hydrogen-bond donors (Lipinski definition) is 1. The van der Waals surface area contributed by atoms with Gasteiger partial charge in [0.1, 0.15) is 0 Å². The fraction of sp³-hybridized carbons (Fsp3) is 0.333. The van der Waals surface area contributed by atoms with Crippen LogP contribution in [-0.2, 0) is 9.84 Å². The Morgan fingerprint density at radius 3 is 2.67 bits per heavy atom. The highest BCUT2D eigenvalue weighted by atomic mass is 35.5. The van der Waals surface area contributed by atoms with E-state index in [4.69, 9.17) is 23.2 Å². The first-order valence-electron chi connectivity index (χ1n) is 5.49. The van der Waals surface area contributed by atoms with Gasteiger partial charge in [-0.25, -0.2) is 8.42 Å². The van der Waals surface area contributed by atoms with Gasteiger partial charge in [-0.05, 0) is 24.6 Å². The molecule has 1 aromatic carbocycles. The smallest absolute Gasteiger partial charge is 0.173 e. The van der Waals surface area contributed by atoms with Crippen LogP contribution >= 0.6 is 23.2 Å². The molecule has 1 N–H and O–H groups in total. The molecule has 0 aliphatic carbocycles. The Morgan fingerprint density at radius 2 is 2.11 bits per heavy atom. The van der Waals surface area contributed by atoms with Crippen LogP contribution in [-0.4, -0.2) is 20.2 Å². The van der Waals surface area contributed by atoms with Gasteiger partial charge >= 0.3 is 0 Å². The lowest BCUT2D eigenvalue weighted by molar-refractivity contribution is 0.535. The molecular formula is C12H13Cl2NO2S. The largest absolute Gasteiger partial charge is 0.303 e. The van der Waals surface area contributed by atoms with Crippen molar-refractivity contribution in [1.29, 1.82) is 0 Å². The molecule has 0 fully saturated rings. The van der Waals surface area contributed by atoms with Crippen LogP contribution < -0.4 is 5.32 Å². The van der Waals surface area contributed by atoms with Crippen molar-refractivity contribution < 1.29 is 8.42 Å². The quantitative estimate of drug-likeness (QED) is 0.934. The molecule has 2 unspecified atom stereocenters. The molecular weight excluding hydrogens is 293 g/mol. The van der Waals surface area contributed by atoms with Crippen LogP contribution in [0, 0.1) is 0 Å². The van der Waals surface area contributed by atoms with Gasteiger partial charge in [0.15, 0.2) is 9.84 Å². The predicted octanol–water partition coefficient (Wildman–Crippen LogP) is 2.95. The molecule has 1 aliphatic rings. The van der Waals surface area contributed by atoms with E-state index in [0.717, 1.165) is 5.56 Å². The molecule has 0 saturated heterocycles. The number of sulfone groups is 1. The highest BCUT2D eigenvalue weighted by Crippen LogP contribution is 2.26. The number of halogens is 2. The van der Waals surface area contributed by atoms with Crippen molar-refractivity contribution in [3.8, 4) is 0 Å². The lowest BCUT2D eigenvalue weighted by Crippen LogP contribution is -2.32. The third-order valence-electron chi connectivity index (χ3n) is 2.82. The average Bonchev–Trinajstić information content (AvgIpc) is 2.57. The summed E-state index contributed by atoms with van der Waals surface area (Å²) in [6, 6.07) is 5.07. The van der Waals surface area contributed by atoms with Crippen molar-refractivity contribution in [2.45, 2.75) is 19.0 Å². The second-order valence-electron chi connectivity index (χ2n) is 4.32. The molecule has 1 aromatic rings.